The maximum atomic E-state index is 11.6. The van der Waals surface area contributed by atoms with E-state index in [1.54, 1.807) is 6.92 Å². The van der Waals surface area contributed by atoms with Crippen LogP contribution in [0.3, 0.4) is 0 Å². The molecule has 10 atom stereocenters. The van der Waals surface area contributed by atoms with Gasteiger partial charge in [-0.2, -0.15) is 0 Å². The molecule has 140 valence electrons. The van der Waals surface area contributed by atoms with Crippen molar-refractivity contribution < 1.29 is 14.6 Å². The number of rotatable bonds is 1. The van der Waals surface area contributed by atoms with E-state index >= 15 is 0 Å². The van der Waals surface area contributed by atoms with Gasteiger partial charge in [-0.15, -0.1) is 0 Å². The van der Waals surface area contributed by atoms with Crippen LogP contribution < -0.4 is 0 Å². The van der Waals surface area contributed by atoms with Crippen LogP contribution in [-0.2, 0) is 9.53 Å². The average molecular weight is 347 g/mol. The quantitative estimate of drug-likeness (QED) is 0.725. The first-order valence-electron chi connectivity index (χ1n) is 10.7. The van der Waals surface area contributed by atoms with Crippen molar-refractivity contribution in [1.82, 2.24) is 0 Å². The molecule has 3 nitrogen and oxygen atoms in total. The van der Waals surface area contributed by atoms with E-state index in [1.165, 1.54) is 44.9 Å². The van der Waals surface area contributed by atoms with Gasteiger partial charge in [0, 0.05) is 12.3 Å². The Hall–Kier alpha value is -0.570. The van der Waals surface area contributed by atoms with Crippen LogP contribution in [0.15, 0.2) is 0 Å². The summed E-state index contributed by atoms with van der Waals surface area (Å²) in [4.78, 5) is 11.6. The molecule has 5 aliphatic carbocycles. The highest BCUT2D eigenvalue weighted by Crippen LogP contribution is 2.70. The Labute approximate surface area is 151 Å². The third-order valence-electron chi connectivity index (χ3n) is 9.79. The molecule has 3 heteroatoms. The van der Waals surface area contributed by atoms with Crippen molar-refractivity contribution in [1.29, 1.82) is 0 Å². The highest BCUT2D eigenvalue weighted by atomic mass is 16.5. The Kier molecular flexibility index (Phi) is 3.48. The van der Waals surface area contributed by atoms with E-state index in [1.807, 2.05) is 0 Å². The van der Waals surface area contributed by atoms with Crippen LogP contribution in [0.2, 0.25) is 0 Å². The number of esters is 1. The van der Waals surface area contributed by atoms with Crippen molar-refractivity contribution in [2.45, 2.75) is 84.3 Å². The van der Waals surface area contributed by atoms with E-state index in [2.05, 4.69) is 13.8 Å². The highest BCUT2D eigenvalue weighted by Gasteiger charge is 2.66. The minimum absolute atomic E-state index is 0.0703. The molecule has 0 aromatic rings. The summed E-state index contributed by atoms with van der Waals surface area (Å²) in [5.74, 6) is 4.14. The van der Waals surface area contributed by atoms with Gasteiger partial charge in [-0.25, -0.2) is 0 Å². The normalized spacial score (nSPS) is 59.2. The van der Waals surface area contributed by atoms with Crippen LogP contribution in [0.1, 0.15) is 72.1 Å². The van der Waals surface area contributed by atoms with Gasteiger partial charge in [-0.1, -0.05) is 13.8 Å². The second-order valence-corrected chi connectivity index (χ2v) is 10.6. The first-order valence-corrected chi connectivity index (χ1v) is 10.7. The van der Waals surface area contributed by atoms with Crippen molar-refractivity contribution in [3.8, 4) is 0 Å². The fourth-order valence-corrected chi connectivity index (χ4v) is 8.40. The summed E-state index contributed by atoms with van der Waals surface area (Å²) in [6.45, 7) is 6.38. The van der Waals surface area contributed by atoms with Crippen LogP contribution in [0.25, 0.3) is 0 Å². The molecule has 25 heavy (non-hydrogen) atoms. The molecule has 0 aliphatic heterocycles. The molecule has 0 amide bonds. The number of carbonyl (C=O) groups excluding carboxylic acids is 1. The summed E-state index contributed by atoms with van der Waals surface area (Å²) in [5.41, 5.74) is 0.305. The predicted molar refractivity (Wildman–Crippen MR) is 95.7 cm³/mol. The number of hydrogen-bond donors (Lipinski definition) is 1. The topological polar surface area (TPSA) is 46.5 Å². The number of fused-ring (bicyclic) bond motifs is 6. The molecule has 5 saturated carbocycles. The molecule has 0 aromatic heterocycles. The summed E-state index contributed by atoms with van der Waals surface area (Å²) in [6.07, 6.45) is 9.97. The number of aliphatic hydroxyl groups is 1. The lowest BCUT2D eigenvalue weighted by Crippen LogP contribution is -2.58. The first kappa shape index (κ1) is 16.6. The van der Waals surface area contributed by atoms with Crippen molar-refractivity contribution in [3.63, 3.8) is 0 Å². The third-order valence-corrected chi connectivity index (χ3v) is 9.79. The smallest absolute Gasteiger partial charge is 0.302 e. The zero-order chi connectivity index (χ0) is 17.6. The number of hydrogen-bond acceptors (Lipinski definition) is 3. The fourth-order valence-electron chi connectivity index (χ4n) is 8.40. The van der Waals surface area contributed by atoms with Crippen LogP contribution in [-0.4, -0.2) is 23.3 Å². The van der Waals surface area contributed by atoms with Gasteiger partial charge >= 0.3 is 5.97 Å². The van der Waals surface area contributed by atoms with E-state index in [9.17, 15) is 9.90 Å². The maximum Gasteiger partial charge on any atom is 0.302 e. The van der Waals surface area contributed by atoms with Gasteiger partial charge in [0.25, 0.3) is 0 Å². The minimum atomic E-state index is -0.118. The van der Waals surface area contributed by atoms with Gasteiger partial charge in [0.05, 0.1) is 6.10 Å². The van der Waals surface area contributed by atoms with Crippen molar-refractivity contribution in [2.75, 3.05) is 0 Å². The zero-order valence-electron chi connectivity index (χ0n) is 16.0. The Balaban J connectivity index is 1.44. The summed E-state index contributed by atoms with van der Waals surface area (Å²) < 4.78 is 5.75. The predicted octanol–water partition coefficient (Wildman–Crippen LogP) is 4.18. The Bertz CT molecular complexity index is 588. The number of aliphatic hydroxyl groups excluding tert-OH is 1. The van der Waals surface area contributed by atoms with E-state index < -0.39 is 0 Å². The van der Waals surface area contributed by atoms with E-state index in [-0.39, 0.29) is 29.0 Å². The van der Waals surface area contributed by atoms with Gasteiger partial charge in [-0.3, -0.25) is 4.79 Å². The fraction of sp³-hybridized carbons (Fsp3) is 0.955. The zero-order valence-corrected chi connectivity index (χ0v) is 16.0. The van der Waals surface area contributed by atoms with E-state index in [4.69, 9.17) is 4.74 Å². The molecule has 0 radical (unpaired) electrons. The molecule has 5 aliphatic rings. The molecule has 0 bridgehead atoms. The lowest BCUT2D eigenvalue weighted by atomic mass is 9.44. The number of carbonyl (C=O) groups is 1. The van der Waals surface area contributed by atoms with Crippen LogP contribution in [0, 0.1) is 46.3 Å². The molecular weight excluding hydrogens is 312 g/mol. The summed E-state index contributed by atoms with van der Waals surface area (Å²) in [5, 5.41) is 11.2. The monoisotopic (exact) mass is 346 g/mol. The Morgan fingerprint density at radius 3 is 2.56 bits per heavy atom. The molecule has 5 rings (SSSR count). The van der Waals surface area contributed by atoms with Gasteiger partial charge < -0.3 is 9.84 Å². The molecule has 5 fully saturated rings. The standard InChI is InChI=1S/C22H34O3/c1-12(23)25-19-7-6-17-15-5-4-14-10-13-11-16(13)20(24)22(14,3)18(15)8-9-21(17,19)2/h13-20,24H,4-11H2,1-3H3/t13-,14+,15-,16+,17-,18-,19+,20+,21+,22+/m1/s1. The van der Waals surface area contributed by atoms with Crippen molar-refractivity contribution in [3.05, 3.63) is 0 Å². The molecule has 0 aromatic carbocycles. The van der Waals surface area contributed by atoms with E-state index in [0.29, 0.717) is 17.8 Å². The second-order valence-electron chi connectivity index (χ2n) is 10.6. The second kappa shape index (κ2) is 5.24. The lowest BCUT2D eigenvalue weighted by molar-refractivity contribution is -0.178. The SMILES string of the molecule is CC(=O)O[C@H]1CC[C@@H]2[C@H]3CC[C@H]4C[C@@H]5C[C@@H]5[C@H](O)[C@]4(C)[C@@H]3CC[C@]12C. The Morgan fingerprint density at radius 1 is 1.00 bits per heavy atom. The van der Waals surface area contributed by atoms with Gasteiger partial charge in [0.1, 0.15) is 6.10 Å². The van der Waals surface area contributed by atoms with E-state index in [0.717, 1.165) is 24.2 Å². The summed E-state index contributed by atoms with van der Waals surface area (Å²) in [7, 11) is 0. The van der Waals surface area contributed by atoms with Gasteiger partial charge in [0.15, 0.2) is 0 Å². The highest BCUT2D eigenvalue weighted by molar-refractivity contribution is 5.66. The molecule has 1 N–H and O–H groups in total. The Morgan fingerprint density at radius 2 is 1.80 bits per heavy atom. The van der Waals surface area contributed by atoms with Crippen molar-refractivity contribution in [2.24, 2.45) is 46.3 Å². The van der Waals surface area contributed by atoms with Crippen LogP contribution in [0.4, 0.5) is 0 Å². The van der Waals surface area contributed by atoms with Gasteiger partial charge in [-0.05, 0) is 92.3 Å². The average Bonchev–Trinajstić information content (AvgIpc) is 3.26. The third kappa shape index (κ3) is 2.11. The largest absolute Gasteiger partial charge is 0.462 e. The minimum Gasteiger partial charge on any atom is -0.462 e. The summed E-state index contributed by atoms with van der Waals surface area (Å²) in [6, 6.07) is 0. The molecule has 0 spiro atoms. The number of ether oxygens (including phenoxy) is 1. The molecule has 0 saturated heterocycles. The summed E-state index contributed by atoms with van der Waals surface area (Å²) >= 11 is 0. The molecular formula is C22H34O3. The first-order chi connectivity index (χ1) is 11.9. The van der Waals surface area contributed by atoms with Crippen molar-refractivity contribution >= 4 is 5.97 Å². The lowest BCUT2D eigenvalue weighted by Gasteiger charge is -2.61. The maximum absolute atomic E-state index is 11.6. The van der Waals surface area contributed by atoms with Gasteiger partial charge in [0.2, 0.25) is 0 Å². The molecule has 0 heterocycles. The van der Waals surface area contributed by atoms with Crippen LogP contribution in [0.5, 0.6) is 0 Å². The molecule has 0 unspecified atom stereocenters. The van der Waals surface area contributed by atoms with Crippen LogP contribution >= 0.6 is 0 Å².